The third kappa shape index (κ3) is 6.29. The maximum atomic E-state index is 13.4. The number of furan rings is 1. The van der Waals surface area contributed by atoms with E-state index < -0.39 is 18.1 Å². The number of halogens is 3. The van der Waals surface area contributed by atoms with Crippen LogP contribution in [-0.4, -0.2) is 41.1 Å². The number of carbonyl (C=O) groups is 2. The number of benzene rings is 4. The van der Waals surface area contributed by atoms with Crippen LogP contribution in [0.25, 0.3) is 33.2 Å². The molecule has 7 rings (SSSR count). The molecule has 1 atom stereocenters. The van der Waals surface area contributed by atoms with Gasteiger partial charge < -0.3 is 19.9 Å². The number of aromatic nitrogens is 2. The summed E-state index contributed by atoms with van der Waals surface area (Å²) in [4.78, 5) is 38.6. The number of nitrogens with one attached hydrogen (secondary N) is 2. The van der Waals surface area contributed by atoms with E-state index in [2.05, 4.69) is 25.4 Å². The Labute approximate surface area is 272 Å². The molecule has 12 heteroatoms. The molecule has 0 saturated carbocycles. The Hall–Kier alpha value is -5.75. The van der Waals surface area contributed by atoms with Crippen molar-refractivity contribution in [2.75, 3.05) is 23.5 Å². The fourth-order valence-corrected chi connectivity index (χ4v) is 5.85. The van der Waals surface area contributed by atoms with E-state index in [1.165, 1.54) is 42.7 Å². The zero-order valence-electron chi connectivity index (χ0n) is 25.3. The molecule has 1 amide bonds. The van der Waals surface area contributed by atoms with Gasteiger partial charge in [0.15, 0.2) is 0 Å². The van der Waals surface area contributed by atoms with Crippen molar-refractivity contribution >= 4 is 51.0 Å². The number of carbonyl (C=O) groups excluding carboxylic acids is 2. The highest BCUT2D eigenvalue weighted by molar-refractivity contribution is 6.09. The summed E-state index contributed by atoms with van der Waals surface area (Å²) in [6.07, 6.45) is -1.89. The Balaban J connectivity index is 1.12. The highest BCUT2D eigenvalue weighted by Gasteiger charge is 2.44. The zero-order valence-corrected chi connectivity index (χ0v) is 25.3. The number of alkyl halides is 3. The Morgan fingerprint density at radius 1 is 0.917 bits per heavy atom. The van der Waals surface area contributed by atoms with Crippen LogP contribution in [-0.2, 0) is 9.63 Å². The second-order valence-electron chi connectivity index (χ2n) is 11.4. The zero-order chi connectivity index (χ0) is 33.3. The first-order valence-electron chi connectivity index (χ1n) is 15.3. The number of amides is 1. The standard InChI is InChI=1S/C36H28F3N5O4/c37-36(38,39)35(46)48-44(34(45)23-12-10-22(11-13-23)24-5-4-18-40-20-24)26-16-14-25(15-17-26)43-32-19-30(41-21-42-32)29-8-3-7-28-27-6-1-2-9-31(27)47-33(28)29/h1-3,6-17,19,21,24,40H,4-5,18,20H2,(H,41,42,43). The third-order valence-corrected chi connectivity index (χ3v) is 8.24. The van der Waals surface area contributed by atoms with Crippen LogP contribution in [0.4, 0.5) is 30.4 Å². The number of nitrogens with zero attached hydrogens (tertiary/aromatic N) is 3. The number of hydrogen-bond donors (Lipinski definition) is 2. The fourth-order valence-electron chi connectivity index (χ4n) is 5.85. The van der Waals surface area contributed by atoms with Crippen LogP contribution < -0.4 is 15.7 Å². The van der Waals surface area contributed by atoms with Gasteiger partial charge in [0.25, 0.3) is 5.91 Å². The molecule has 1 saturated heterocycles. The largest absolute Gasteiger partial charge is 0.493 e. The predicted octanol–water partition coefficient (Wildman–Crippen LogP) is 7.92. The van der Waals surface area contributed by atoms with Crippen LogP contribution in [0.5, 0.6) is 0 Å². The van der Waals surface area contributed by atoms with Gasteiger partial charge in [0, 0.05) is 40.2 Å². The van der Waals surface area contributed by atoms with Gasteiger partial charge in [-0.3, -0.25) is 4.79 Å². The van der Waals surface area contributed by atoms with Gasteiger partial charge in [-0.15, -0.1) is 5.06 Å². The minimum atomic E-state index is -5.31. The van der Waals surface area contributed by atoms with Gasteiger partial charge in [0.1, 0.15) is 23.3 Å². The number of fused-ring (bicyclic) bond motifs is 3. The van der Waals surface area contributed by atoms with Gasteiger partial charge in [-0.05, 0) is 79.4 Å². The van der Waals surface area contributed by atoms with Crippen LogP contribution in [0.2, 0.25) is 0 Å². The van der Waals surface area contributed by atoms with E-state index in [9.17, 15) is 22.8 Å². The molecular formula is C36H28F3N5O4. The Kier molecular flexibility index (Phi) is 8.24. The molecule has 4 aromatic carbocycles. The average molecular weight is 652 g/mol. The van der Waals surface area contributed by atoms with Crippen molar-refractivity contribution in [1.29, 1.82) is 0 Å². The first kappa shape index (κ1) is 30.9. The summed E-state index contributed by atoms with van der Waals surface area (Å²) in [5.41, 5.74) is 4.32. The number of rotatable bonds is 6. The SMILES string of the molecule is O=C(c1ccc(C2CCCNC2)cc1)N(OC(=O)C(F)(F)F)c1ccc(Nc2cc(-c3cccc4c3oc3ccccc34)ncn2)cc1. The molecule has 1 aliphatic heterocycles. The van der Waals surface area contributed by atoms with Crippen molar-refractivity contribution in [3.8, 4) is 11.3 Å². The number of hydroxylamine groups is 1. The van der Waals surface area contributed by atoms with Crippen LogP contribution in [0.3, 0.4) is 0 Å². The van der Waals surface area contributed by atoms with Gasteiger partial charge in [0.05, 0.1) is 11.4 Å². The van der Waals surface area contributed by atoms with Crippen molar-refractivity contribution in [2.45, 2.75) is 24.9 Å². The van der Waals surface area contributed by atoms with E-state index in [1.807, 2.05) is 42.5 Å². The van der Waals surface area contributed by atoms with Crippen LogP contribution in [0.1, 0.15) is 34.7 Å². The van der Waals surface area contributed by atoms with Gasteiger partial charge in [0.2, 0.25) is 0 Å². The highest BCUT2D eigenvalue weighted by Crippen LogP contribution is 2.35. The average Bonchev–Trinajstić information content (AvgIpc) is 3.50. The quantitative estimate of drug-likeness (QED) is 0.175. The van der Waals surface area contributed by atoms with Gasteiger partial charge in [-0.25, -0.2) is 14.8 Å². The van der Waals surface area contributed by atoms with Gasteiger partial charge in [-0.2, -0.15) is 13.2 Å². The second kappa shape index (κ2) is 12.8. The van der Waals surface area contributed by atoms with Crippen molar-refractivity contribution < 1.29 is 32.0 Å². The summed E-state index contributed by atoms with van der Waals surface area (Å²) < 4.78 is 45.8. The molecule has 2 aromatic heterocycles. The topological polar surface area (TPSA) is 110 Å². The third-order valence-electron chi connectivity index (χ3n) is 8.24. The van der Waals surface area contributed by atoms with Gasteiger partial charge >= 0.3 is 12.1 Å². The lowest BCUT2D eigenvalue weighted by atomic mass is 9.91. The molecule has 9 nitrogen and oxygen atoms in total. The van der Waals surface area contributed by atoms with Crippen LogP contribution in [0, 0.1) is 0 Å². The molecular weight excluding hydrogens is 623 g/mol. The van der Waals surface area contributed by atoms with E-state index in [-0.39, 0.29) is 17.2 Å². The summed E-state index contributed by atoms with van der Waals surface area (Å²) >= 11 is 0. The molecule has 1 fully saturated rings. The lowest BCUT2D eigenvalue weighted by molar-refractivity contribution is -0.199. The second-order valence-corrected chi connectivity index (χ2v) is 11.4. The molecule has 242 valence electrons. The lowest BCUT2D eigenvalue weighted by Gasteiger charge is -2.24. The number of piperidine rings is 1. The van der Waals surface area contributed by atoms with E-state index in [1.54, 1.807) is 18.2 Å². The maximum Gasteiger partial charge on any atom is 0.493 e. The summed E-state index contributed by atoms with van der Waals surface area (Å²) in [6, 6.07) is 27.7. The van der Waals surface area contributed by atoms with Crippen molar-refractivity contribution in [3.63, 3.8) is 0 Å². The van der Waals surface area contributed by atoms with Crippen molar-refractivity contribution in [1.82, 2.24) is 15.3 Å². The van der Waals surface area contributed by atoms with Crippen molar-refractivity contribution in [2.24, 2.45) is 0 Å². The van der Waals surface area contributed by atoms with Gasteiger partial charge in [-0.1, -0.05) is 42.5 Å². The summed E-state index contributed by atoms with van der Waals surface area (Å²) in [5, 5.41) is 8.77. The van der Waals surface area contributed by atoms with E-state index in [0.29, 0.717) is 27.8 Å². The normalized spacial score (nSPS) is 14.9. The van der Waals surface area contributed by atoms with Crippen molar-refractivity contribution in [3.05, 3.63) is 115 Å². The smallest absolute Gasteiger partial charge is 0.455 e. The maximum absolute atomic E-state index is 13.4. The van der Waals surface area contributed by atoms with E-state index in [0.717, 1.165) is 53.4 Å². The van der Waals surface area contributed by atoms with E-state index in [4.69, 9.17) is 4.42 Å². The van der Waals surface area contributed by atoms with E-state index >= 15 is 0 Å². The molecule has 0 aliphatic carbocycles. The molecule has 0 spiro atoms. The molecule has 6 aromatic rings. The Morgan fingerprint density at radius 2 is 1.69 bits per heavy atom. The summed E-state index contributed by atoms with van der Waals surface area (Å²) in [7, 11) is 0. The first-order valence-corrected chi connectivity index (χ1v) is 15.3. The molecule has 0 bridgehead atoms. The predicted molar refractivity (Wildman–Crippen MR) is 175 cm³/mol. The molecule has 1 unspecified atom stereocenters. The summed E-state index contributed by atoms with van der Waals surface area (Å²) in [5.74, 6) is -2.74. The molecule has 1 aliphatic rings. The van der Waals surface area contributed by atoms with Crippen LogP contribution in [0.15, 0.2) is 108 Å². The number of anilines is 3. The molecule has 2 N–H and O–H groups in total. The lowest BCUT2D eigenvalue weighted by Crippen LogP contribution is -2.38. The molecule has 0 radical (unpaired) electrons. The van der Waals surface area contributed by atoms with Crippen LogP contribution >= 0.6 is 0 Å². The minimum Gasteiger partial charge on any atom is -0.455 e. The first-order chi connectivity index (χ1) is 23.2. The Bertz CT molecular complexity index is 2110. The highest BCUT2D eigenvalue weighted by atomic mass is 19.4. The minimum absolute atomic E-state index is 0.0627. The number of hydrogen-bond acceptors (Lipinski definition) is 8. The Morgan fingerprint density at radius 3 is 2.44 bits per heavy atom. The molecule has 48 heavy (non-hydrogen) atoms. The number of para-hydroxylation sites is 2. The monoisotopic (exact) mass is 651 g/mol. The molecule has 3 heterocycles. The fraction of sp³-hybridized carbons (Fsp3) is 0.167. The summed E-state index contributed by atoms with van der Waals surface area (Å²) in [6.45, 7) is 1.75.